The second kappa shape index (κ2) is 10.3. The van der Waals surface area contributed by atoms with E-state index in [0.29, 0.717) is 30.0 Å². The number of amides is 1. The summed E-state index contributed by atoms with van der Waals surface area (Å²) < 4.78 is 12.2. The minimum Gasteiger partial charge on any atom is -0.493 e. The molecule has 1 amide bonds. The van der Waals surface area contributed by atoms with E-state index in [2.05, 4.69) is 11.4 Å². The van der Waals surface area contributed by atoms with E-state index < -0.39 is 0 Å². The van der Waals surface area contributed by atoms with Gasteiger partial charge in [-0.3, -0.25) is 9.59 Å². The monoisotopic (exact) mass is 424 g/mol. The summed E-state index contributed by atoms with van der Waals surface area (Å²) in [7, 11) is 3.20. The number of allylic oxidation sites excluding steroid dienone is 1. The summed E-state index contributed by atoms with van der Waals surface area (Å²) >= 11 is 0. The Morgan fingerprint density at radius 3 is 2.61 bits per heavy atom. The third kappa shape index (κ3) is 5.37. The number of ether oxygens (including phenoxy) is 2. The number of hydrogen-bond acceptors (Lipinski definition) is 4. The molecule has 1 aliphatic rings. The van der Waals surface area contributed by atoms with Gasteiger partial charge in [0.25, 0.3) is 11.5 Å². The number of aryl methyl sites for hydroxylation is 3. The smallest absolute Gasteiger partial charge is 0.263 e. The number of nitrogens with one attached hydrogen (secondary N) is 1. The Kier molecular flexibility index (Phi) is 7.55. The highest BCUT2D eigenvalue weighted by atomic mass is 16.5. The van der Waals surface area contributed by atoms with Crippen LogP contribution in [-0.4, -0.2) is 30.7 Å². The van der Waals surface area contributed by atoms with E-state index in [1.54, 1.807) is 31.9 Å². The van der Waals surface area contributed by atoms with Crippen molar-refractivity contribution in [2.75, 3.05) is 14.2 Å². The van der Waals surface area contributed by atoms with Gasteiger partial charge in [0, 0.05) is 18.8 Å². The van der Waals surface area contributed by atoms with E-state index >= 15 is 0 Å². The highest BCUT2D eigenvalue weighted by Crippen LogP contribution is 2.27. The lowest BCUT2D eigenvalue weighted by Gasteiger charge is -2.21. The molecule has 0 fully saturated rings. The highest BCUT2D eigenvalue weighted by molar-refractivity contribution is 5.95. The molecule has 0 aliphatic heterocycles. The van der Waals surface area contributed by atoms with E-state index in [-0.39, 0.29) is 23.1 Å². The van der Waals surface area contributed by atoms with Crippen molar-refractivity contribution in [1.29, 1.82) is 0 Å². The van der Waals surface area contributed by atoms with Crippen LogP contribution in [-0.2, 0) is 13.0 Å². The lowest BCUT2D eigenvalue weighted by atomic mass is 9.94. The fraction of sp³-hybridized carbons (Fsp3) is 0.440. The Morgan fingerprint density at radius 1 is 1.16 bits per heavy atom. The molecule has 1 aromatic carbocycles. The second-order valence-electron chi connectivity index (χ2n) is 8.03. The van der Waals surface area contributed by atoms with Gasteiger partial charge in [-0.25, -0.2) is 0 Å². The summed E-state index contributed by atoms with van der Waals surface area (Å²) in [5.74, 6) is 1.02. The Bertz CT molecular complexity index is 1020. The quantitative estimate of drug-likeness (QED) is 0.650. The number of hydrogen-bond donors (Lipinski definition) is 1. The van der Waals surface area contributed by atoms with Gasteiger partial charge >= 0.3 is 0 Å². The van der Waals surface area contributed by atoms with E-state index in [4.69, 9.17) is 9.47 Å². The minimum absolute atomic E-state index is 0.0629. The predicted octanol–water partition coefficient (Wildman–Crippen LogP) is 4.04. The van der Waals surface area contributed by atoms with Crippen molar-refractivity contribution < 1.29 is 14.3 Å². The van der Waals surface area contributed by atoms with Gasteiger partial charge in [0.1, 0.15) is 5.56 Å². The molecule has 3 rings (SSSR count). The maximum absolute atomic E-state index is 13.1. The molecule has 2 aromatic rings. The standard InChI is InChI=1S/C25H32N2O4/c1-17-12-14-27(15-13-19-10-11-21(30-3)22(16-19)31-4)25(29)23(17)24(28)26-18(2)20-8-6-5-7-9-20/h8,10-12,14,16,18H,5-7,9,13,15H2,1-4H3,(H,26,28). The molecule has 1 aliphatic carbocycles. The number of aromatic nitrogens is 1. The van der Waals surface area contributed by atoms with E-state index in [9.17, 15) is 9.59 Å². The van der Waals surface area contributed by atoms with Crippen LogP contribution in [0.25, 0.3) is 0 Å². The molecule has 0 radical (unpaired) electrons. The van der Waals surface area contributed by atoms with Crippen molar-refractivity contribution in [3.63, 3.8) is 0 Å². The van der Waals surface area contributed by atoms with Crippen molar-refractivity contribution in [1.82, 2.24) is 9.88 Å². The maximum Gasteiger partial charge on any atom is 0.263 e. The molecule has 0 bridgehead atoms. The Hall–Kier alpha value is -3.02. The molecular formula is C25H32N2O4. The summed E-state index contributed by atoms with van der Waals surface area (Å²) in [5, 5.41) is 3.03. The molecule has 0 saturated carbocycles. The molecule has 1 unspecified atom stereocenters. The summed E-state index contributed by atoms with van der Waals surface area (Å²) in [4.78, 5) is 26.0. The molecule has 6 heteroatoms. The van der Waals surface area contributed by atoms with Crippen molar-refractivity contribution >= 4 is 5.91 Å². The van der Waals surface area contributed by atoms with Crippen LogP contribution in [0.2, 0.25) is 0 Å². The van der Waals surface area contributed by atoms with Crippen molar-refractivity contribution in [2.24, 2.45) is 0 Å². The van der Waals surface area contributed by atoms with E-state index in [1.807, 2.05) is 31.2 Å². The number of pyridine rings is 1. The Morgan fingerprint density at radius 2 is 1.94 bits per heavy atom. The van der Waals surface area contributed by atoms with Crippen LogP contribution in [0.4, 0.5) is 0 Å². The van der Waals surface area contributed by atoms with Crippen LogP contribution in [0.3, 0.4) is 0 Å². The normalized spacial score (nSPS) is 14.5. The molecule has 1 N–H and O–H groups in total. The lowest BCUT2D eigenvalue weighted by Crippen LogP contribution is -2.39. The summed E-state index contributed by atoms with van der Waals surface area (Å²) in [6.45, 7) is 4.26. The first kappa shape index (κ1) is 22.7. The predicted molar refractivity (Wildman–Crippen MR) is 122 cm³/mol. The van der Waals surface area contributed by atoms with Gasteiger partial charge in [0.15, 0.2) is 11.5 Å². The molecule has 6 nitrogen and oxygen atoms in total. The average Bonchev–Trinajstić information content (AvgIpc) is 2.79. The maximum atomic E-state index is 13.1. The Labute approximate surface area is 183 Å². The number of methoxy groups -OCH3 is 2. The average molecular weight is 425 g/mol. The van der Waals surface area contributed by atoms with Crippen molar-refractivity contribution in [2.45, 2.75) is 58.5 Å². The fourth-order valence-electron chi connectivity index (χ4n) is 4.02. The van der Waals surface area contributed by atoms with Crippen LogP contribution in [0.5, 0.6) is 11.5 Å². The highest BCUT2D eigenvalue weighted by Gasteiger charge is 2.20. The van der Waals surface area contributed by atoms with Gasteiger partial charge in [0.05, 0.1) is 14.2 Å². The van der Waals surface area contributed by atoms with Crippen LogP contribution in [0.1, 0.15) is 54.1 Å². The van der Waals surface area contributed by atoms with E-state index in [0.717, 1.165) is 24.8 Å². The van der Waals surface area contributed by atoms with Gasteiger partial charge in [-0.05, 0) is 75.3 Å². The van der Waals surface area contributed by atoms with Gasteiger partial charge in [-0.15, -0.1) is 0 Å². The molecule has 166 valence electrons. The first-order chi connectivity index (χ1) is 14.9. The lowest BCUT2D eigenvalue weighted by molar-refractivity contribution is 0.0941. The van der Waals surface area contributed by atoms with Crippen LogP contribution in [0, 0.1) is 6.92 Å². The number of nitrogens with zero attached hydrogens (tertiary/aromatic N) is 1. The third-order valence-electron chi connectivity index (χ3n) is 5.92. The molecule has 0 saturated heterocycles. The van der Waals surface area contributed by atoms with Crippen LogP contribution in [0.15, 0.2) is 46.9 Å². The van der Waals surface area contributed by atoms with Crippen LogP contribution < -0.4 is 20.3 Å². The topological polar surface area (TPSA) is 69.6 Å². The third-order valence-corrected chi connectivity index (χ3v) is 5.92. The van der Waals surface area contributed by atoms with Crippen molar-refractivity contribution in [3.05, 3.63) is 69.2 Å². The zero-order valence-corrected chi connectivity index (χ0v) is 18.9. The zero-order valence-electron chi connectivity index (χ0n) is 18.9. The first-order valence-corrected chi connectivity index (χ1v) is 10.8. The second-order valence-corrected chi connectivity index (χ2v) is 8.03. The van der Waals surface area contributed by atoms with Crippen molar-refractivity contribution in [3.8, 4) is 11.5 Å². The van der Waals surface area contributed by atoms with Gasteiger partial charge < -0.3 is 19.4 Å². The van der Waals surface area contributed by atoms with E-state index in [1.165, 1.54) is 12.0 Å². The molecule has 0 spiro atoms. The minimum atomic E-state index is -0.304. The first-order valence-electron chi connectivity index (χ1n) is 10.8. The molecule has 1 atom stereocenters. The molecular weight excluding hydrogens is 392 g/mol. The Balaban J connectivity index is 1.75. The summed E-state index contributed by atoms with van der Waals surface area (Å²) in [6.07, 6.45) is 9.02. The zero-order chi connectivity index (χ0) is 22.4. The SMILES string of the molecule is COc1ccc(CCn2ccc(C)c(C(=O)NC(C)C3=CCCCC3)c2=O)cc1OC. The molecule has 1 aromatic heterocycles. The summed E-state index contributed by atoms with van der Waals surface area (Å²) in [6, 6.07) is 7.48. The molecule has 1 heterocycles. The fourth-order valence-corrected chi connectivity index (χ4v) is 4.02. The number of carbonyl (C=O) groups is 1. The molecule has 31 heavy (non-hydrogen) atoms. The van der Waals surface area contributed by atoms with Gasteiger partial charge in [0.2, 0.25) is 0 Å². The number of benzene rings is 1. The number of carbonyl (C=O) groups excluding carboxylic acids is 1. The summed E-state index contributed by atoms with van der Waals surface area (Å²) in [5.41, 5.74) is 2.92. The number of rotatable bonds is 8. The largest absolute Gasteiger partial charge is 0.493 e. The van der Waals surface area contributed by atoms with Crippen LogP contribution >= 0.6 is 0 Å². The van der Waals surface area contributed by atoms with Gasteiger partial charge in [-0.1, -0.05) is 17.7 Å². The van der Waals surface area contributed by atoms with Gasteiger partial charge in [-0.2, -0.15) is 0 Å².